The highest BCUT2D eigenvalue weighted by atomic mass is 16.5. The summed E-state index contributed by atoms with van der Waals surface area (Å²) >= 11 is 0. The molecule has 72 valence electrons. The van der Waals surface area contributed by atoms with Crippen molar-refractivity contribution >= 4 is 16.9 Å². The van der Waals surface area contributed by atoms with E-state index >= 15 is 0 Å². The minimum atomic E-state index is 0.395. The monoisotopic (exact) mass is 190 g/mol. The molecule has 0 unspecified atom stereocenters. The van der Waals surface area contributed by atoms with E-state index in [-0.39, 0.29) is 0 Å². The number of hydrazine groups is 1. The molecule has 0 aliphatic carbocycles. The van der Waals surface area contributed by atoms with E-state index in [9.17, 15) is 0 Å². The van der Waals surface area contributed by atoms with Gasteiger partial charge >= 0.3 is 0 Å². The lowest BCUT2D eigenvalue weighted by Crippen LogP contribution is -2.11. The summed E-state index contributed by atoms with van der Waals surface area (Å²) in [5, 5.41) is 0. The van der Waals surface area contributed by atoms with Crippen molar-refractivity contribution in [2.45, 2.75) is 0 Å². The molecule has 0 radical (unpaired) electrons. The van der Waals surface area contributed by atoms with E-state index in [0.717, 1.165) is 11.0 Å². The Balaban J connectivity index is 2.69. The van der Waals surface area contributed by atoms with Crippen LogP contribution in [0.4, 0.5) is 5.82 Å². The van der Waals surface area contributed by atoms with Crippen molar-refractivity contribution in [3.8, 4) is 5.88 Å². The number of nitrogen functional groups attached to an aromatic ring is 1. The Morgan fingerprint density at radius 1 is 1.21 bits per heavy atom. The van der Waals surface area contributed by atoms with Crippen LogP contribution in [0.3, 0.4) is 0 Å². The number of hydrogen-bond donors (Lipinski definition) is 2. The molecule has 0 amide bonds. The first kappa shape index (κ1) is 8.71. The normalized spacial score (nSPS) is 10.1. The van der Waals surface area contributed by atoms with Crippen molar-refractivity contribution in [3.63, 3.8) is 0 Å². The quantitative estimate of drug-likeness (QED) is 0.544. The summed E-state index contributed by atoms with van der Waals surface area (Å²) in [6.07, 6.45) is 0. The number of methoxy groups -OCH3 is 1. The molecule has 1 aromatic carbocycles. The third-order valence-electron chi connectivity index (χ3n) is 1.87. The van der Waals surface area contributed by atoms with Crippen molar-refractivity contribution in [2.24, 2.45) is 5.84 Å². The number of rotatable bonds is 2. The Kier molecular flexibility index (Phi) is 2.16. The molecule has 0 saturated heterocycles. The summed E-state index contributed by atoms with van der Waals surface area (Å²) in [4.78, 5) is 8.48. The number of nitrogens with one attached hydrogen (secondary N) is 1. The maximum Gasteiger partial charge on any atom is 0.259 e. The summed E-state index contributed by atoms with van der Waals surface area (Å²) in [5.41, 5.74) is 4.00. The maximum atomic E-state index is 5.28. The van der Waals surface area contributed by atoms with Crippen LogP contribution in [0.2, 0.25) is 0 Å². The molecule has 2 rings (SSSR count). The minimum Gasteiger partial charge on any atom is -0.478 e. The number of para-hydroxylation sites is 2. The molecule has 0 atom stereocenters. The van der Waals surface area contributed by atoms with E-state index in [2.05, 4.69) is 15.4 Å². The van der Waals surface area contributed by atoms with Crippen LogP contribution in [0.1, 0.15) is 0 Å². The van der Waals surface area contributed by atoms with E-state index in [4.69, 9.17) is 10.6 Å². The first-order chi connectivity index (χ1) is 6.85. The Morgan fingerprint density at radius 3 is 2.43 bits per heavy atom. The fourth-order valence-corrected chi connectivity index (χ4v) is 1.22. The molecule has 14 heavy (non-hydrogen) atoms. The van der Waals surface area contributed by atoms with Crippen molar-refractivity contribution in [1.29, 1.82) is 0 Å². The number of nitrogens with two attached hydrogens (primary N) is 1. The number of fused-ring (bicyclic) bond motifs is 1. The van der Waals surface area contributed by atoms with Crippen LogP contribution < -0.4 is 16.0 Å². The van der Waals surface area contributed by atoms with Gasteiger partial charge < -0.3 is 10.2 Å². The van der Waals surface area contributed by atoms with Gasteiger partial charge in [0.25, 0.3) is 5.88 Å². The molecular formula is C9H10N4O. The van der Waals surface area contributed by atoms with Crippen LogP contribution in [-0.2, 0) is 0 Å². The van der Waals surface area contributed by atoms with Gasteiger partial charge in [0.1, 0.15) is 0 Å². The van der Waals surface area contributed by atoms with Crippen LogP contribution in [0.15, 0.2) is 24.3 Å². The summed E-state index contributed by atoms with van der Waals surface area (Å²) in [6, 6.07) is 7.52. The molecule has 0 bridgehead atoms. The Hall–Kier alpha value is -1.88. The number of nitrogens with zero attached hydrogens (tertiary/aromatic N) is 2. The molecular weight excluding hydrogens is 180 g/mol. The average molecular weight is 190 g/mol. The highest BCUT2D eigenvalue weighted by molar-refractivity contribution is 5.77. The average Bonchev–Trinajstić information content (AvgIpc) is 2.27. The predicted molar refractivity (Wildman–Crippen MR) is 53.9 cm³/mol. The fraction of sp³-hybridized carbons (Fsp3) is 0.111. The second-order valence-electron chi connectivity index (χ2n) is 2.71. The Labute approximate surface area is 80.9 Å². The van der Waals surface area contributed by atoms with Gasteiger partial charge in [-0.15, -0.1) is 0 Å². The molecule has 1 aromatic heterocycles. The van der Waals surface area contributed by atoms with Gasteiger partial charge in [0.2, 0.25) is 5.82 Å². The summed E-state index contributed by atoms with van der Waals surface area (Å²) < 4.78 is 5.03. The Morgan fingerprint density at radius 2 is 1.86 bits per heavy atom. The number of anilines is 1. The Bertz CT molecular complexity index is 415. The second-order valence-corrected chi connectivity index (χ2v) is 2.71. The van der Waals surface area contributed by atoms with Crippen LogP contribution in [-0.4, -0.2) is 17.1 Å². The lowest BCUT2D eigenvalue weighted by Gasteiger charge is -2.06. The lowest BCUT2D eigenvalue weighted by molar-refractivity contribution is 0.400. The van der Waals surface area contributed by atoms with Crippen molar-refractivity contribution in [1.82, 2.24) is 9.97 Å². The molecule has 1 heterocycles. The van der Waals surface area contributed by atoms with Crippen molar-refractivity contribution in [2.75, 3.05) is 12.5 Å². The minimum absolute atomic E-state index is 0.395. The van der Waals surface area contributed by atoms with Gasteiger partial charge in [-0.05, 0) is 12.1 Å². The van der Waals surface area contributed by atoms with E-state index in [1.165, 1.54) is 7.11 Å². The van der Waals surface area contributed by atoms with E-state index in [0.29, 0.717) is 11.7 Å². The molecule has 0 spiro atoms. The number of benzene rings is 1. The second kappa shape index (κ2) is 3.47. The molecule has 0 aliphatic rings. The topological polar surface area (TPSA) is 73.1 Å². The SMILES string of the molecule is COc1nc2ccccc2nc1NN. The molecule has 5 nitrogen and oxygen atoms in total. The smallest absolute Gasteiger partial charge is 0.259 e. The molecule has 2 aromatic rings. The lowest BCUT2D eigenvalue weighted by atomic mass is 10.3. The summed E-state index contributed by atoms with van der Waals surface area (Å²) in [5.74, 6) is 6.12. The number of ether oxygens (including phenoxy) is 1. The first-order valence-electron chi connectivity index (χ1n) is 4.12. The van der Waals surface area contributed by atoms with E-state index in [1.807, 2.05) is 24.3 Å². The van der Waals surface area contributed by atoms with Gasteiger partial charge in [-0.25, -0.2) is 15.8 Å². The zero-order chi connectivity index (χ0) is 9.97. The molecule has 5 heteroatoms. The van der Waals surface area contributed by atoms with Crippen molar-refractivity contribution < 1.29 is 4.74 Å². The van der Waals surface area contributed by atoms with Gasteiger partial charge in [0.15, 0.2) is 0 Å². The van der Waals surface area contributed by atoms with Gasteiger partial charge in [-0.2, -0.15) is 0 Å². The zero-order valence-electron chi connectivity index (χ0n) is 7.69. The maximum absolute atomic E-state index is 5.28. The zero-order valence-corrected chi connectivity index (χ0v) is 7.69. The highest BCUT2D eigenvalue weighted by Gasteiger charge is 2.06. The van der Waals surface area contributed by atoms with Crippen molar-refractivity contribution in [3.05, 3.63) is 24.3 Å². The standard InChI is InChI=1S/C9H10N4O/c1-14-9-8(13-10)11-6-4-2-3-5-7(6)12-9/h2-5H,10H2,1H3,(H,11,13). The van der Waals surface area contributed by atoms with Crippen LogP contribution in [0.25, 0.3) is 11.0 Å². The molecule has 0 fully saturated rings. The molecule has 0 aliphatic heterocycles. The predicted octanol–water partition coefficient (Wildman–Crippen LogP) is 0.924. The number of hydrogen-bond acceptors (Lipinski definition) is 5. The van der Waals surface area contributed by atoms with Crippen LogP contribution in [0.5, 0.6) is 5.88 Å². The van der Waals surface area contributed by atoms with E-state index in [1.54, 1.807) is 0 Å². The summed E-state index contributed by atoms with van der Waals surface area (Å²) in [6.45, 7) is 0. The molecule has 3 N–H and O–H groups in total. The molecule has 0 saturated carbocycles. The fourth-order valence-electron chi connectivity index (χ4n) is 1.22. The van der Waals surface area contributed by atoms with Gasteiger partial charge in [0.05, 0.1) is 18.1 Å². The highest BCUT2D eigenvalue weighted by Crippen LogP contribution is 2.21. The third kappa shape index (κ3) is 1.33. The summed E-state index contributed by atoms with van der Waals surface area (Å²) in [7, 11) is 1.53. The van der Waals surface area contributed by atoms with Crippen LogP contribution in [0, 0.1) is 0 Å². The number of aromatic nitrogens is 2. The largest absolute Gasteiger partial charge is 0.478 e. The third-order valence-corrected chi connectivity index (χ3v) is 1.87. The van der Waals surface area contributed by atoms with E-state index < -0.39 is 0 Å². The van der Waals surface area contributed by atoms with Gasteiger partial charge in [-0.3, -0.25) is 0 Å². The van der Waals surface area contributed by atoms with Crippen LogP contribution >= 0.6 is 0 Å². The van der Waals surface area contributed by atoms with Gasteiger partial charge in [-0.1, -0.05) is 12.1 Å². The first-order valence-corrected chi connectivity index (χ1v) is 4.12. The van der Waals surface area contributed by atoms with Gasteiger partial charge in [0, 0.05) is 0 Å².